The maximum atomic E-state index is 13.5. The molecule has 8 heteroatoms. The molecule has 1 aliphatic rings. The standard InChI is InChI=1S/C26H19ClFN3O2S/c1-16-2-4-17(5-3-16)14-23-25(33)31(21-12-8-19(28)9-13-21)26(34-23)22(15-29)24(32)30-20-10-6-18(27)7-11-20/h2-13,23H,14H2,1H3,(H,30,32). The van der Waals surface area contributed by atoms with Gasteiger partial charge in [-0.15, -0.1) is 0 Å². The van der Waals surface area contributed by atoms with E-state index < -0.39 is 17.0 Å². The van der Waals surface area contributed by atoms with Gasteiger partial charge in [0.1, 0.15) is 22.5 Å². The third-order valence-electron chi connectivity index (χ3n) is 5.23. The van der Waals surface area contributed by atoms with E-state index in [0.29, 0.717) is 22.8 Å². The van der Waals surface area contributed by atoms with E-state index in [9.17, 15) is 19.2 Å². The minimum absolute atomic E-state index is 0.205. The first-order valence-electron chi connectivity index (χ1n) is 10.4. The molecule has 0 aromatic heterocycles. The van der Waals surface area contributed by atoms with Crippen LogP contribution in [-0.4, -0.2) is 17.1 Å². The largest absolute Gasteiger partial charge is 0.321 e. The van der Waals surface area contributed by atoms with Crippen LogP contribution in [0.5, 0.6) is 0 Å². The molecule has 0 radical (unpaired) electrons. The van der Waals surface area contributed by atoms with Crippen molar-refractivity contribution in [1.82, 2.24) is 0 Å². The molecule has 2 amide bonds. The van der Waals surface area contributed by atoms with Gasteiger partial charge < -0.3 is 5.32 Å². The van der Waals surface area contributed by atoms with Crippen molar-refractivity contribution in [3.05, 3.63) is 105 Å². The summed E-state index contributed by atoms with van der Waals surface area (Å²) in [6.07, 6.45) is 0.419. The molecule has 5 nitrogen and oxygen atoms in total. The molecule has 3 aromatic rings. The predicted octanol–water partition coefficient (Wildman–Crippen LogP) is 5.85. The van der Waals surface area contributed by atoms with Gasteiger partial charge >= 0.3 is 0 Å². The van der Waals surface area contributed by atoms with E-state index in [-0.39, 0.29) is 16.5 Å². The van der Waals surface area contributed by atoms with Crippen LogP contribution in [0.3, 0.4) is 0 Å². The van der Waals surface area contributed by atoms with Gasteiger partial charge in [-0.05, 0) is 67.4 Å². The molecule has 34 heavy (non-hydrogen) atoms. The molecule has 1 fully saturated rings. The summed E-state index contributed by atoms with van der Waals surface area (Å²) in [4.78, 5) is 27.8. The number of hydrogen-bond acceptors (Lipinski definition) is 4. The van der Waals surface area contributed by atoms with Gasteiger partial charge in [-0.2, -0.15) is 5.26 Å². The number of hydrogen-bond donors (Lipinski definition) is 1. The van der Waals surface area contributed by atoms with Gasteiger partial charge in [-0.3, -0.25) is 14.5 Å². The van der Waals surface area contributed by atoms with Crippen molar-refractivity contribution in [2.75, 3.05) is 10.2 Å². The summed E-state index contributed by atoms with van der Waals surface area (Å²) in [5.74, 6) is -1.38. The van der Waals surface area contributed by atoms with Crippen LogP contribution in [0.15, 0.2) is 83.4 Å². The molecule has 1 N–H and O–H groups in total. The Bertz CT molecular complexity index is 1300. The van der Waals surface area contributed by atoms with Crippen molar-refractivity contribution in [3.63, 3.8) is 0 Å². The van der Waals surface area contributed by atoms with Crippen LogP contribution in [0.1, 0.15) is 11.1 Å². The van der Waals surface area contributed by atoms with Crippen LogP contribution in [0.2, 0.25) is 5.02 Å². The predicted molar refractivity (Wildman–Crippen MR) is 133 cm³/mol. The number of carbonyl (C=O) groups excluding carboxylic acids is 2. The van der Waals surface area contributed by atoms with Crippen LogP contribution in [0, 0.1) is 24.1 Å². The number of halogens is 2. The smallest absolute Gasteiger partial charge is 0.269 e. The fraction of sp³-hybridized carbons (Fsp3) is 0.115. The van der Waals surface area contributed by atoms with Crippen molar-refractivity contribution in [1.29, 1.82) is 5.26 Å². The Kier molecular flexibility index (Phi) is 7.01. The van der Waals surface area contributed by atoms with Gasteiger partial charge in [-0.25, -0.2) is 4.39 Å². The molecule has 170 valence electrons. The van der Waals surface area contributed by atoms with Gasteiger partial charge in [0.15, 0.2) is 0 Å². The van der Waals surface area contributed by atoms with Crippen LogP contribution in [-0.2, 0) is 16.0 Å². The van der Waals surface area contributed by atoms with Crippen LogP contribution in [0.25, 0.3) is 0 Å². The second-order valence-electron chi connectivity index (χ2n) is 7.70. The molecule has 1 unspecified atom stereocenters. The summed E-state index contributed by atoms with van der Waals surface area (Å²) in [7, 11) is 0. The third-order valence-corrected chi connectivity index (χ3v) is 6.75. The molecule has 0 spiro atoms. The Balaban J connectivity index is 1.71. The molecule has 0 saturated carbocycles. The van der Waals surface area contributed by atoms with Crippen molar-refractivity contribution >= 4 is 46.6 Å². The summed E-state index contributed by atoms with van der Waals surface area (Å²) >= 11 is 7.06. The van der Waals surface area contributed by atoms with Gasteiger partial charge in [0, 0.05) is 16.4 Å². The molecule has 1 aliphatic heterocycles. The Hall–Kier alpha value is -3.60. The van der Waals surface area contributed by atoms with Crippen molar-refractivity contribution in [2.45, 2.75) is 18.6 Å². The lowest BCUT2D eigenvalue weighted by atomic mass is 10.1. The van der Waals surface area contributed by atoms with E-state index in [4.69, 9.17) is 11.6 Å². The Morgan fingerprint density at radius 3 is 2.35 bits per heavy atom. The van der Waals surface area contributed by atoms with Gasteiger partial charge in [-0.1, -0.05) is 53.2 Å². The summed E-state index contributed by atoms with van der Waals surface area (Å²) in [6, 6.07) is 21.6. The molecule has 1 saturated heterocycles. The van der Waals surface area contributed by atoms with E-state index in [1.165, 1.54) is 29.2 Å². The van der Waals surface area contributed by atoms with Gasteiger partial charge in [0.2, 0.25) is 5.91 Å². The average Bonchev–Trinajstić information content (AvgIpc) is 3.13. The maximum absolute atomic E-state index is 13.5. The first-order valence-corrected chi connectivity index (χ1v) is 11.6. The molecule has 0 bridgehead atoms. The lowest BCUT2D eigenvalue weighted by Crippen LogP contribution is -2.30. The fourth-order valence-corrected chi connectivity index (χ4v) is 4.91. The molecule has 1 heterocycles. The quantitative estimate of drug-likeness (QED) is 0.359. The topological polar surface area (TPSA) is 73.2 Å². The van der Waals surface area contributed by atoms with E-state index >= 15 is 0 Å². The summed E-state index contributed by atoms with van der Waals surface area (Å²) in [5, 5.41) is 12.7. The van der Waals surface area contributed by atoms with Gasteiger partial charge in [0.05, 0.1) is 5.25 Å². The highest BCUT2D eigenvalue weighted by Crippen LogP contribution is 2.42. The van der Waals surface area contributed by atoms with Crippen LogP contribution < -0.4 is 10.2 Å². The molecular weight excluding hydrogens is 473 g/mol. The number of nitrogens with one attached hydrogen (secondary N) is 1. The molecule has 1 atom stereocenters. The Morgan fingerprint density at radius 1 is 1.09 bits per heavy atom. The first kappa shape index (κ1) is 23.6. The Labute approximate surface area is 205 Å². The fourth-order valence-electron chi connectivity index (χ4n) is 3.48. The molecule has 0 aliphatic carbocycles. The molecule has 3 aromatic carbocycles. The number of carbonyl (C=O) groups is 2. The highest BCUT2D eigenvalue weighted by atomic mass is 35.5. The first-order chi connectivity index (χ1) is 16.4. The van der Waals surface area contributed by atoms with Gasteiger partial charge in [0.25, 0.3) is 5.91 Å². The number of nitrogens with zero attached hydrogens (tertiary/aromatic N) is 2. The zero-order valence-corrected chi connectivity index (χ0v) is 19.7. The maximum Gasteiger partial charge on any atom is 0.269 e. The van der Waals surface area contributed by atoms with E-state index in [2.05, 4.69) is 5.32 Å². The number of amides is 2. The lowest BCUT2D eigenvalue weighted by molar-refractivity contribution is -0.117. The minimum Gasteiger partial charge on any atom is -0.321 e. The van der Waals surface area contributed by atoms with Crippen molar-refractivity contribution in [2.24, 2.45) is 0 Å². The number of thioether (sulfide) groups is 1. The zero-order valence-electron chi connectivity index (χ0n) is 18.1. The minimum atomic E-state index is -0.650. The highest BCUT2D eigenvalue weighted by molar-refractivity contribution is 8.05. The van der Waals surface area contributed by atoms with Crippen LogP contribution in [0.4, 0.5) is 15.8 Å². The summed E-state index contributed by atoms with van der Waals surface area (Å²) in [5.41, 5.74) is 2.70. The number of rotatable bonds is 5. The second-order valence-corrected chi connectivity index (χ2v) is 9.33. The lowest BCUT2D eigenvalue weighted by Gasteiger charge is -2.18. The van der Waals surface area contributed by atoms with E-state index in [0.717, 1.165) is 22.9 Å². The van der Waals surface area contributed by atoms with Crippen molar-refractivity contribution in [3.8, 4) is 6.07 Å². The highest BCUT2D eigenvalue weighted by Gasteiger charge is 2.40. The SMILES string of the molecule is Cc1ccc(CC2SC(=C(C#N)C(=O)Nc3ccc(Cl)cc3)N(c3ccc(F)cc3)C2=O)cc1. The van der Waals surface area contributed by atoms with E-state index in [1.54, 1.807) is 24.3 Å². The number of benzene rings is 3. The average molecular weight is 492 g/mol. The van der Waals surface area contributed by atoms with E-state index in [1.807, 2.05) is 37.3 Å². The monoisotopic (exact) mass is 491 g/mol. The summed E-state index contributed by atoms with van der Waals surface area (Å²) < 4.78 is 13.5. The third kappa shape index (κ3) is 5.14. The van der Waals surface area contributed by atoms with Crippen LogP contribution >= 0.6 is 23.4 Å². The normalized spacial score (nSPS) is 16.8. The summed E-state index contributed by atoms with van der Waals surface area (Å²) in [6.45, 7) is 1.98. The molecule has 4 rings (SSSR count). The molecular formula is C26H19ClFN3O2S. The number of nitriles is 1. The number of anilines is 2. The Morgan fingerprint density at radius 2 is 1.74 bits per heavy atom. The second kappa shape index (κ2) is 10.1. The zero-order chi connectivity index (χ0) is 24.2. The number of aryl methyl sites for hydroxylation is 1. The van der Waals surface area contributed by atoms with Crippen molar-refractivity contribution < 1.29 is 14.0 Å².